The van der Waals surface area contributed by atoms with Crippen molar-refractivity contribution >= 4 is 31.6 Å². The average Bonchev–Trinajstić information content (AvgIpc) is 2.45. The van der Waals surface area contributed by atoms with Crippen molar-refractivity contribution in [3.05, 3.63) is 52.8 Å². The van der Waals surface area contributed by atoms with Crippen molar-refractivity contribution in [2.24, 2.45) is 0 Å². The van der Waals surface area contributed by atoms with Crippen molar-refractivity contribution in [2.75, 3.05) is 11.3 Å². The normalized spacial score (nSPS) is 11.3. The highest BCUT2D eigenvalue weighted by molar-refractivity contribution is 9.10. The number of anilines is 1. The Morgan fingerprint density at radius 2 is 2.10 bits per heavy atom. The fraction of sp³-hybridized carbons (Fsp3) is 0.214. The van der Waals surface area contributed by atoms with Crippen LogP contribution in [0.3, 0.4) is 0 Å². The van der Waals surface area contributed by atoms with Gasteiger partial charge in [-0.1, -0.05) is 13.0 Å². The molecule has 2 aromatic rings. The molecule has 0 radical (unpaired) electrons. The first-order valence-electron chi connectivity index (χ1n) is 6.45. The summed E-state index contributed by atoms with van der Waals surface area (Å²) in [6.45, 7) is 3.58. The Bertz CT molecular complexity index is 705. The van der Waals surface area contributed by atoms with E-state index in [9.17, 15) is 8.42 Å². The zero-order chi connectivity index (χ0) is 15.3. The third kappa shape index (κ3) is 4.26. The third-order valence-electron chi connectivity index (χ3n) is 2.78. The molecule has 0 amide bonds. The Kier molecular flexibility index (Phi) is 5.33. The summed E-state index contributed by atoms with van der Waals surface area (Å²) in [7, 11) is -3.64. The number of benzene rings is 1. The van der Waals surface area contributed by atoms with Gasteiger partial charge in [0, 0.05) is 17.2 Å². The molecule has 0 unspecified atom stereocenters. The quantitative estimate of drug-likeness (QED) is 0.820. The van der Waals surface area contributed by atoms with Gasteiger partial charge in [-0.2, -0.15) is 0 Å². The van der Waals surface area contributed by atoms with E-state index in [0.29, 0.717) is 16.7 Å². The predicted molar refractivity (Wildman–Crippen MR) is 86.6 cm³/mol. The number of hydrogen-bond donors (Lipinski definition) is 2. The summed E-state index contributed by atoms with van der Waals surface area (Å²) in [6.07, 6.45) is 3.05. The fourth-order valence-electron chi connectivity index (χ4n) is 1.77. The summed E-state index contributed by atoms with van der Waals surface area (Å²) >= 11 is 3.33. The first-order valence-corrected chi connectivity index (χ1v) is 8.72. The molecular weight excluding hydrogens is 354 g/mol. The zero-order valence-electron chi connectivity index (χ0n) is 11.5. The molecule has 0 saturated heterocycles. The van der Waals surface area contributed by atoms with Crippen LogP contribution < -0.4 is 10.0 Å². The minimum atomic E-state index is -3.64. The molecular formula is C14H16BrN3O2S. The molecule has 0 atom stereocenters. The molecule has 0 aliphatic carbocycles. The summed E-state index contributed by atoms with van der Waals surface area (Å²) in [6, 6.07) is 8.52. The van der Waals surface area contributed by atoms with Gasteiger partial charge >= 0.3 is 0 Å². The Morgan fingerprint density at radius 3 is 2.71 bits per heavy atom. The number of aromatic nitrogens is 1. The van der Waals surface area contributed by atoms with Crippen molar-refractivity contribution in [1.29, 1.82) is 0 Å². The van der Waals surface area contributed by atoms with E-state index in [4.69, 9.17) is 0 Å². The van der Waals surface area contributed by atoms with Gasteiger partial charge in [-0.15, -0.1) is 0 Å². The van der Waals surface area contributed by atoms with Gasteiger partial charge in [0.05, 0.1) is 11.9 Å². The van der Waals surface area contributed by atoms with E-state index >= 15 is 0 Å². The molecule has 2 N–H and O–H groups in total. The SMILES string of the molecule is CCNCc1ccc(S(=O)(=O)Nc2cccnc2)c(Br)c1. The summed E-state index contributed by atoms with van der Waals surface area (Å²) in [4.78, 5) is 4.09. The topological polar surface area (TPSA) is 71.1 Å². The Balaban J connectivity index is 2.24. The molecule has 0 spiro atoms. The van der Waals surface area contributed by atoms with Gasteiger partial charge in [0.25, 0.3) is 10.0 Å². The van der Waals surface area contributed by atoms with Gasteiger partial charge in [0.15, 0.2) is 0 Å². The fourth-order valence-corrected chi connectivity index (χ4v) is 3.94. The van der Waals surface area contributed by atoms with Crippen molar-refractivity contribution in [3.63, 3.8) is 0 Å². The minimum absolute atomic E-state index is 0.201. The minimum Gasteiger partial charge on any atom is -0.313 e. The molecule has 2 rings (SSSR count). The number of hydrogen-bond acceptors (Lipinski definition) is 4. The lowest BCUT2D eigenvalue weighted by atomic mass is 10.2. The largest absolute Gasteiger partial charge is 0.313 e. The maximum atomic E-state index is 12.4. The molecule has 0 bridgehead atoms. The highest BCUT2D eigenvalue weighted by Crippen LogP contribution is 2.25. The van der Waals surface area contributed by atoms with Gasteiger partial charge in [0.1, 0.15) is 4.90 Å². The number of halogens is 1. The van der Waals surface area contributed by atoms with E-state index in [1.54, 1.807) is 36.5 Å². The number of sulfonamides is 1. The summed E-state index contributed by atoms with van der Waals surface area (Å²) < 4.78 is 27.8. The molecule has 21 heavy (non-hydrogen) atoms. The number of nitrogens with one attached hydrogen (secondary N) is 2. The highest BCUT2D eigenvalue weighted by atomic mass is 79.9. The summed E-state index contributed by atoms with van der Waals surface area (Å²) in [5.74, 6) is 0. The molecule has 0 aliphatic rings. The lowest BCUT2D eigenvalue weighted by Gasteiger charge is -2.11. The average molecular weight is 370 g/mol. The second-order valence-corrected chi connectivity index (χ2v) is 6.90. The van der Waals surface area contributed by atoms with Gasteiger partial charge < -0.3 is 5.32 Å². The summed E-state index contributed by atoms with van der Waals surface area (Å²) in [5, 5.41) is 3.20. The molecule has 0 saturated carbocycles. The second-order valence-electron chi connectivity index (χ2n) is 4.39. The first-order chi connectivity index (χ1) is 10.0. The van der Waals surface area contributed by atoms with Gasteiger partial charge in [-0.25, -0.2) is 8.42 Å². The van der Waals surface area contributed by atoms with Crippen LogP contribution in [0.15, 0.2) is 52.1 Å². The lowest BCUT2D eigenvalue weighted by molar-refractivity contribution is 0.600. The molecule has 1 aromatic carbocycles. The molecule has 5 nitrogen and oxygen atoms in total. The Hall–Kier alpha value is -1.44. The number of pyridine rings is 1. The van der Waals surface area contributed by atoms with Crippen molar-refractivity contribution in [3.8, 4) is 0 Å². The Morgan fingerprint density at radius 1 is 1.29 bits per heavy atom. The maximum Gasteiger partial charge on any atom is 0.263 e. The summed E-state index contributed by atoms with van der Waals surface area (Å²) in [5.41, 5.74) is 1.45. The second kappa shape index (κ2) is 7.02. The number of nitrogens with zero attached hydrogens (tertiary/aromatic N) is 1. The van der Waals surface area contributed by atoms with Crippen LogP contribution >= 0.6 is 15.9 Å². The van der Waals surface area contributed by atoms with Crippen LogP contribution in [0, 0.1) is 0 Å². The van der Waals surface area contributed by atoms with E-state index < -0.39 is 10.0 Å². The Labute approximate surface area is 133 Å². The van der Waals surface area contributed by atoms with E-state index in [2.05, 4.69) is 31.0 Å². The monoisotopic (exact) mass is 369 g/mol. The first kappa shape index (κ1) is 15.9. The number of rotatable bonds is 6. The van der Waals surface area contributed by atoms with E-state index in [1.165, 1.54) is 6.20 Å². The van der Waals surface area contributed by atoms with Crippen LogP contribution in [0.2, 0.25) is 0 Å². The van der Waals surface area contributed by atoms with Crippen LogP contribution in [0.4, 0.5) is 5.69 Å². The smallest absolute Gasteiger partial charge is 0.263 e. The van der Waals surface area contributed by atoms with Crippen LogP contribution in [0.5, 0.6) is 0 Å². The predicted octanol–water partition coefficient (Wildman–Crippen LogP) is 2.75. The molecule has 0 fully saturated rings. The standard InChI is InChI=1S/C14H16BrN3O2S/c1-2-16-9-11-5-6-14(13(15)8-11)21(19,20)18-12-4-3-7-17-10-12/h3-8,10,16,18H,2,9H2,1H3. The third-order valence-corrected chi connectivity index (χ3v) is 5.14. The molecule has 1 heterocycles. The van der Waals surface area contributed by atoms with Gasteiger partial charge in [-0.3, -0.25) is 9.71 Å². The lowest BCUT2D eigenvalue weighted by Crippen LogP contribution is -2.15. The van der Waals surface area contributed by atoms with Gasteiger partial charge in [-0.05, 0) is 52.3 Å². The zero-order valence-corrected chi connectivity index (χ0v) is 13.9. The van der Waals surface area contributed by atoms with E-state index in [-0.39, 0.29) is 4.90 Å². The molecule has 1 aromatic heterocycles. The van der Waals surface area contributed by atoms with Crippen LogP contribution in [0.1, 0.15) is 12.5 Å². The van der Waals surface area contributed by atoms with Crippen LogP contribution in [-0.2, 0) is 16.6 Å². The maximum absolute atomic E-state index is 12.4. The van der Waals surface area contributed by atoms with E-state index in [1.807, 2.05) is 6.92 Å². The molecule has 112 valence electrons. The van der Waals surface area contributed by atoms with Crippen molar-refractivity contribution < 1.29 is 8.42 Å². The highest BCUT2D eigenvalue weighted by Gasteiger charge is 2.18. The van der Waals surface area contributed by atoms with Crippen LogP contribution in [0.25, 0.3) is 0 Å². The van der Waals surface area contributed by atoms with E-state index in [0.717, 1.165) is 12.1 Å². The van der Waals surface area contributed by atoms with Crippen molar-refractivity contribution in [2.45, 2.75) is 18.4 Å². The van der Waals surface area contributed by atoms with Crippen molar-refractivity contribution in [1.82, 2.24) is 10.3 Å². The van der Waals surface area contributed by atoms with Gasteiger partial charge in [0.2, 0.25) is 0 Å². The molecule has 0 aliphatic heterocycles. The van der Waals surface area contributed by atoms with Crippen LogP contribution in [-0.4, -0.2) is 19.9 Å². The molecule has 7 heteroatoms.